The van der Waals surface area contributed by atoms with Crippen LogP contribution in [-0.4, -0.2) is 54.7 Å². The maximum Gasteiger partial charge on any atom is 0.243 e. The van der Waals surface area contributed by atoms with Gasteiger partial charge in [-0.1, -0.05) is 86.6 Å². The van der Waals surface area contributed by atoms with Crippen LogP contribution in [0.15, 0.2) is 84.9 Å². The molecule has 0 saturated carbocycles. The number of rotatable bonds is 16. The van der Waals surface area contributed by atoms with Gasteiger partial charge in [0.05, 0.1) is 25.7 Å². The number of methoxy groups -OCH3 is 1. The fourth-order valence-corrected chi connectivity index (χ4v) is 4.67. The van der Waals surface area contributed by atoms with Crippen LogP contribution in [0.2, 0.25) is 0 Å². The minimum atomic E-state index is -0.961. The molecule has 3 aromatic rings. The molecule has 3 amide bonds. The molecule has 8 nitrogen and oxygen atoms in total. The molecular weight excluding hydrogens is 530 g/mol. The van der Waals surface area contributed by atoms with E-state index in [1.165, 1.54) is 0 Å². The Morgan fingerprint density at radius 3 is 2.00 bits per heavy atom. The van der Waals surface area contributed by atoms with Crippen LogP contribution in [0.5, 0.6) is 5.75 Å². The predicted molar refractivity (Wildman–Crippen MR) is 164 cm³/mol. The van der Waals surface area contributed by atoms with Crippen LogP contribution < -0.4 is 20.7 Å². The number of nitrogens with one attached hydrogen (secondary N) is 3. The summed E-state index contributed by atoms with van der Waals surface area (Å²) in [5.74, 6) is -0.289. The number of benzene rings is 3. The van der Waals surface area contributed by atoms with Gasteiger partial charge in [0, 0.05) is 13.0 Å². The second-order valence-corrected chi connectivity index (χ2v) is 10.8. The molecule has 0 aromatic heterocycles. The Balaban J connectivity index is 1.59. The molecule has 3 aromatic carbocycles. The summed E-state index contributed by atoms with van der Waals surface area (Å²) in [7, 11) is 1.58. The van der Waals surface area contributed by atoms with Crippen molar-refractivity contribution in [2.24, 2.45) is 5.92 Å². The van der Waals surface area contributed by atoms with Crippen LogP contribution in [0.3, 0.4) is 0 Å². The van der Waals surface area contributed by atoms with Crippen LogP contribution in [0.25, 0.3) is 0 Å². The Kier molecular flexibility index (Phi) is 13.0. The Morgan fingerprint density at radius 1 is 0.786 bits per heavy atom. The summed E-state index contributed by atoms with van der Waals surface area (Å²) in [5.41, 5.74) is 2.88. The number of carbonyl (C=O) groups excluding carboxylic acids is 3. The van der Waals surface area contributed by atoms with Gasteiger partial charge in [0.15, 0.2) is 0 Å². The second kappa shape index (κ2) is 16.9. The monoisotopic (exact) mass is 573 g/mol. The van der Waals surface area contributed by atoms with Crippen molar-refractivity contribution in [3.8, 4) is 5.75 Å². The van der Waals surface area contributed by atoms with E-state index in [0.29, 0.717) is 18.7 Å². The van der Waals surface area contributed by atoms with Crippen LogP contribution >= 0.6 is 0 Å². The third-order valence-electron chi connectivity index (χ3n) is 7.13. The first-order valence-electron chi connectivity index (χ1n) is 14.5. The lowest BCUT2D eigenvalue weighted by atomic mass is 9.96. The van der Waals surface area contributed by atoms with Crippen LogP contribution in [-0.2, 0) is 33.6 Å². The van der Waals surface area contributed by atoms with Crippen molar-refractivity contribution in [1.29, 1.82) is 0 Å². The van der Waals surface area contributed by atoms with Gasteiger partial charge in [-0.25, -0.2) is 0 Å². The van der Waals surface area contributed by atoms with Crippen molar-refractivity contribution in [3.63, 3.8) is 0 Å². The van der Waals surface area contributed by atoms with E-state index in [0.717, 1.165) is 23.1 Å². The van der Waals surface area contributed by atoms with E-state index in [1.807, 2.05) is 86.6 Å². The number of ether oxygens (including phenoxy) is 1. The molecule has 1 unspecified atom stereocenters. The lowest BCUT2D eigenvalue weighted by Gasteiger charge is -2.28. The van der Waals surface area contributed by atoms with Crippen molar-refractivity contribution >= 4 is 17.7 Å². The lowest BCUT2D eigenvalue weighted by molar-refractivity contribution is -0.130. The zero-order valence-electron chi connectivity index (χ0n) is 24.7. The van der Waals surface area contributed by atoms with Crippen molar-refractivity contribution in [2.45, 2.75) is 64.1 Å². The topological polar surface area (TPSA) is 117 Å². The van der Waals surface area contributed by atoms with E-state index >= 15 is 0 Å². The molecule has 3 rings (SSSR count). The fourth-order valence-electron chi connectivity index (χ4n) is 4.67. The molecule has 3 atom stereocenters. The van der Waals surface area contributed by atoms with Gasteiger partial charge in [-0.3, -0.25) is 14.4 Å². The highest BCUT2D eigenvalue weighted by Gasteiger charge is 2.29. The summed E-state index contributed by atoms with van der Waals surface area (Å²) in [5, 5.41) is 19.9. The van der Waals surface area contributed by atoms with E-state index in [4.69, 9.17) is 4.74 Å². The van der Waals surface area contributed by atoms with Crippen LogP contribution in [0, 0.1) is 5.92 Å². The predicted octanol–water partition coefficient (Wildman–Crippen LogP) is 3.61. The van der Waals surface area contributed by atoms with Gasteiger partial charge in [0.25, 0.3) is 0 Å². The lowest BCUT2D eigenvalue weighted by Crippen LogP contribution is -2.55. The molecule has 4 N–H and O–H groups in total. The highest BCUT2D eigenvalue weighted by atomic mass is 16.5. The Bertz CT molecular complexity index is 1250. The summed E-state index contributed by atoms with van der Waals surface area (Å²) in [6.45, 7) is 4.23. The number of hydrogen-bond donors (Lipinski definition) is 4. The fraction of sp³-hybridized carbons (Fsp3) is 0.382. The van der Waals surface area contributed by atoms with Crippen LogP contribution in [0.1, 0.15) is 43.4 Å². The smallest absolute Gasteiger partial charge is 0.243 e. The van der Waals surface area contributed by atoms with Crippen molar-refractivity contribution in [3.05, 3.63) is 102 Å². The summed E-state index contributed by atoms with van der Waals surface area (Å²) >= 11 is 0. The molecule has 0 saturated heterocycles. The van der Waals surface area contributed by atoms with E-state index in [9.17, 15) is 19.5 Å². The summed E-state index contributed by atoms with van der Waals surface area (Å²) in [6.07, 6.45) is 0.581. The van der Waals surface area contributed by atoms with E-state index < -0.39 is 18.2 Å². The number of carbonyl (C=O) groups is 3. The highest BCUT2D eigenvalue weighted by molar-refractivity contribution is 5.88. The third-order valence-corrected chi connectivity index (χ3v) is 7.13. The van der Waals surface area contributed by atoms with Crippen LogP contribution in [0.4, 0.5) is 0 Å². The summed E-state index contributed by atoms with van der Waals surface area (Å²) < 4.78 is 5.17. The quantitative estimate of drug-likeness (QED) is 0.209. The first kappa shape index (κ1) is 32.3. The van der Waals surface area contributed by atoms with Gasteiger partial charge in [-0.2, -0.15) is 0 Å². The number of aliphatic hydroxyl groups excluding tert-OH is 1. The standard InChI is InChI=1S/C34H43N3O5/c1-24(2)33(37-32(40)23-27-14-16-28(42-3)17-15-27)34(41)36-29(22-26-12-8-5-9-13-26)30(38)18-19-31(39)35-21-20-25-10-6-4-7-11-25/h4-17,24,29-30,33,38H,18-23H2,1-3H3,(H,35,39)(H,36,41)(H,37,40)/t29-,30-,33?/m0/s1. The average Bonchev–Trinajstić information content (AvgIpc) is 2.99. The zero-order chi connectivity index (χ0) is 30.3. The molecule has 224 valence electrons. The Labute approximate surface area is 248 Å². The molecule has 0 spiro atoms. The molecule has 0 heterocycles. The first-order valence-corrected chi connectivity index (χ1v) is 14.5. The number of aliphatic hydroxyl groups is 1. The van der Waals surface area contributed by atoms with Crippen molar-refractivity contribution in [1.82, 2.24) is 16.0 Å². The van der Waals surface area contributed by atoms with E-state index in [-0.39, 0.29) is 42.9 Å². The molecule has 0 bridgehead atoms. The molecule has 0 aliphatic rings. The largest absolute Gasteiger partial charge is 0.497 e. The number of amides is 3. The minimum absolute atomic E-state index is 0.121. The van der Waals surface area contributed by atoms with Gasteiger partial charge < -0.3 is 25.8 Å². The van der Waals surface area contributed by atoms with Crippen molar-refractivity contribution in [2.75, 3.05) is 13.7 Å². The highest BCUT2D eigenvalue weighted by Crippen LogP contribution is 2.14. The van der Waals surface area contributed by atoms with Crippen molar-refractivity contribution < 1.29 is 24.2 Å². The molecule has 0 aliphatic carbocycles. The second-order valence-electron chi connectivity index (χ2n) is 10.8. The summed E-state index contributed by atoms with van der Waals surface area (Å²) in [4.78, 5) is 38.8. The molecule has 0 aliphatic heterocycles. The Morgan fingerprint density at radius 2 is 1.40 bits per heavy atom. The van der Waals surface area contributed by atoms with E-state index in [2.05, 4.69) is 16.0 Å². The average molecular weight is 574 g/mol. The maximum atomic E-state index is 13.4. The van der Waals surface area contributed by atoms with Gasteiger partial charge in [0.2, 0.25) is 17.7 Å². The van der Waals surface area contributed by atoms with E-state index in [1.54, 1.807) is 19.2 Å². The number of hydrogen-bond acceptors (Lipinski definition) is 5. The minimum Gasteiger partial charge on any atom is -0.497 e. The molecule has 0 radical (unpaired) electrons. The maximum absolute atomic E-state index is 13.4. The first-order chi connectivity index (χ1) is 20.2. The van der Waals surface area contributed by atoms with Gasteiger partial charge >= 0.3 is 0 Å². The zero-order valence-corrected chi connectivity index (χ0v) is 24.7. The Hall–Kier alpha value is -4.17. The third kappa shape index (κ3) is 11.0. The van der Waals surface area contributed by atoms with Gasteiger partial charge in [-0.15, -0.1) is 0 Å². The SMILES string of the molecule is COc1ccc(CC(=O)NC(C(=O)N[C@@H](Cc2ccccc2)[C@@H](O)CCC(=O)NCCc2ccccc2)C(C)C)cc1. The molecule has 8 heteroatoms. The molecule has 0 fully saturated rings. The normalized spacial score (nSPS) is 13.1. The van der Waals surface area contributed by atoms with Gasteiger partial charge in [-0.05, 0) is 54.0 Å². The molecular formula is C34H43N3O5. The summed E-state index contributed by atoms with van der Waals surface area (Å²) in [6, 6.07) is 25.2. The van der Waals surface area contributed by atoms with Gasteiger partial charge in [0.1, 0.15) is 11.8 Å². The molecule has 42 heavy (non-hydrogen) atoms.